The van der Waals surface area contributed by atoms with Crippen LogP contribution in [-0.4, -0.2) is 52.9 Å². The molecule has 0 saturated carbocycles. The first kappa shape index (κ1) is 24.2. The van der Waals surface area contributed by atoms with Crippen LogP contribution in [0.15, 0.2) is 53.7 Å². The van der Waals surface area contributed by atoms with Gasteiger partial charge in [-0.25, -0.2) is 0 Å². The van der Waals surface area contributed by atoms with E-state index in [1.54, 1.807) is 18.3 Å². The fourth-order valence-electron chi connectivity index (χ4n) is 3.91. The summed E-state index contributed by atoms with van der Waals surface area (Å²) in [6.07, 6.45) is 4.92. The summed E-state index contributed by atoms with van der Waals surface area (Å²) >= 11 is 0. The van der Waals surface area contributed by atoms with Crippen molar-refractivity contribution in [3.63, 3.8) is 0 Å². The van der Waals surface area contributed by atoms with Crippen molar-refractivity contribution in [2.45, 2.75) is 32.7 Å². The van der Waals surface area contributed by atoms with Crippen molar-refractivity contribution >= 4 is 12.0 Å². The van der Waals surface area contributed by atoms with Gasteiger partial charge in [0.25, 0.3) is 0 Å². The third kappa shape index (κ3) is 7.02. The molecule has 0 spiro atoms. The Kier molecular flexibility index (Phi) is 8.63. The van der Waals surface area contributed by atoms with Gasteiger partial charge in [-0.15, -0.1) is 20.4 Å². The molecule has 1 fully saturated rings. The molecule has 1 aliphatic heterocycles. The maximum atomic E-state index is 10.5. The van der Waals surface area contributed by atoms with E-state index in [0.29, 0.717) is 36.2 Å². The summed E-state index contributed by atoms with van der Waals surface area (Å²) in [5.41, 5.74) is 2.85. The molecule has 0 radical (unpaired) electrons. The molecular formula is C25H30N7O3+. The molecule has 0 aliphatic carbocycles. The van der Waals surface area contributed by atoms with Gasteiger partial charge in [0.2, 0.25) is 6.54 Å². The van der Waals surface area contributed by atoms with Crippen molar-refractivity contribution in [1.82, 2.24) is 20.4 Å². The van der Waals surface area contributed by atoms with E-state index >= 15 is 0 Å². The Labute approximate surface area is 204 Å². The molecule has 1 N–H and O–H groups in total. The van der Waals surface area contributed by atoms with Crippen LogP contribution in [0.5, 0.6) is 5.75 Å². The first-order valence-electron chi connectivity index (χ1n) is 11.9. The molecule has 1 aliphatic rings. The van der Waals surface area contributed by atoms with Gasteiger partial charge in [-0.3, -0.25) is 0 Å². The van der Waals surface area contributed by atoms with E-state index in [1.807, 2.05) is 48.5 Å². The predicted molar refractivity (Wildman–Crippen MR) is 132 cm³/mol. The second kappa shape index (κ2) is 12.5. The molecule has 1 aromatic carbocycles. The van der Waals surface area contributed by atoms with Crippen molar-refractivity contribution in [3.8, 4) is 17.1 Å². The van der Waals surface area contributed by atoms with Gasteiger partial charge >= 0.3 is 0 Å². The smallest absolute Gasteiger partial charge is 0.232 e. The lowest BCUT2D eigenvalue weighted by atomic mass is 9.94. The van der Waals surface area contributed by atoms with E-state index in [4.69, 9.17) is 9.57 Å². The Morgan fingerprint density at radius 2 is 1.74 bits per heavy atom. The lowest BCUT2D eigenvalue weighted by Gasteiger charge is -2.32. The standard InChI is InChI=1S/C25H29N7O3/c1-2-35-27-17-20-3-6-22(7-4-20)34-16-13-19-11-14-32(15-12-19)25-10-9-24(30-31-25)23-8-5-21(18-26-33)28-29-23/h3-10,17,19H,2,11-16,18H2,1H3/p+1/b27-17+. The number of piperidine rings is 1. The highest BCUT2D eigenvalue weighted by molar-refractivity contribution is 5.79. The summed E-state index contributed by atoms with van der Waals surface area (Å²) < 4.78 is 5.94. The average molecular weight is 477 g/mol. The second-order valence-electron chi connectivity index (χ2n) is 8.30. The maximum Gasteiger partial charge on any atom is 0.232 e. The molecule has 0 atom stereocenters. The zero-order valence-corrected chi connectivity index (χ0v) is 19.8. The minimum atomic E-state index is 0.137. The summed E-state index contributed by atoms with van der Waals surface area (Å²) in [5.74, 6) is 2.37. The molecule has 1 saturated heterocycles. The molecule has 10 heteroatoms. The van der Waals surface area contributed by atoms with Crippen molar-refractivity contribution in [1.29, 1.82) is 0 Å². The first-order chi connectivity index (χ1) is 17.2. The highest BCUT2D eigenvalue weighted by Gasteiger charge is 2.20. The van der Waals surface area contributed by atoms with Crippen LogP contribution in [0.25, 0.3) is 11.4 Å². The zero-order valence-electron chi connectivity index (χ0n) is 19.8. The van der Waals surface area contributed by atoms with Crippen LogP contribution in [0, 0.1) is 10.8 Å². The Balaban J connectivity index is 1.20. The van der Waals surface area contributed by atoms with Gasteiger partial charge in [-0.2, -0.15) is 0 Å². The highest BCUT2D eigenvalue weighted by atomic mass is 16.6. The summed E-state index contributed by atoms with van der Waals surface area (Å²) in [7, 11) is 0. The van der Waals surface area contributed by atoms with E-state index in [2.05, 4.69) is 30.5 Å². The Morgan fingerprint density at radius 1 is 1.00 bits per heavy atom. The van der Waals surface area contributed by atoms with Crippen LogP contribution in [0.4, 0.5) is 5.82 Å². The van der Waals surface area contributed by atoms with Crippen LogP contribution in [-0.2, 0) is 11.4 Å². The van der Waals surface area contributed by atoms with Crippen LogP contribution in [0.1, 0.15) is 37.4 Å². The lowest BCUT2D eigenvalue weighted by molar-refractivity contribution is -0.499. The van der Waals surface area contributed by atoms with E-state index in [9.17, 15) is 4.91 Å². The van der Waals surface area contributed by atoms with Gasteiger partial charge in [-0.1, -0.05) is 5.16 Å². The number of oxime groups is 1. The van der Waals surface area contributed by atoms with Gasteiger partial charge < -0.3 is 14.5 Å². The molecule has 3 aromatic rings. The minimum absolute atomic E-state index is 0.137. The Morgan fingerprint density at radius 3 is 2.37 bits per heavy atom. The first-order valence-corrected chi connectivity index (χ1v) is 11.9. The molecular weight excluding hydrogens is 446 g/mol. The molecule has 2 aromatic heterocycles. The van der Waals surface area contributed by atoms with Gasteiger partial charge in [0.1, 0.15) is 29.4 Å². The molecule has 4 rings (SSSR count). The number of anilines is 1. The van der Waals surface area contributed by atoms with E-state index in [0.717, 1.165) is 49.5 Å². The normalized spacial score (nSPS) is 14.3. The van der Waals surface area contributed by atoms with Crippen LogP contribution in [0.2, 0.25) is 0 Å². The van der Waals surface area contributed by atoms with Crippen molar-refractivity contribution < 1.29 is 14.8 Å². The Bertz CT molecular complexity index is 1080. The Hall–Kier alpha value is -3.95. The molecule has 0 bridgehead atoms. The fourth-order valence-corrected chi connectivity index (χ4v) is 3.91. The number of hydrogen-bond donors (Lipinski definition) is 1. The topological polar surface area (TPSA) is 117 Å². The van der Waals surface area contributed by atoms with Crippen molar-refractivity contribution in [2.75, 3.05) is 31.2 Å². The number of nitrogens with zero attached hydrogens (tertiary/aromatic N) is 6. The predicted octanol–water partition coefficient (Wildman–Crippen LogP) is 2.34. The van der Waals surface area contributed by atoms with Crippen molar-refractivity contribution in [3.05, 3.63) is 64.7 Å². The number of nitroso groups, excluding NO2 is 1. The van der Waals surface area contributed by atoms with Crippen LogP contribution < -0.4 is 14.8 Å². The largest absolute Gasteiger partial charge is 0.494 e. The minimum Gasteiger partial charge on any atom is -0.494 e. The number of rotatable bonds is 11. The van der Waals surface area contributed by atoms with Crippen molar-refractivity contribution in [2.24, 2.45) is 11.1 Å². The number of nitrogens with one attached hydrogen (secondary N) is 1. The molecule has 0 unspecified atom stereocenters. The summed E-state index contributed by atoms with van der Waals surface area (Å²) in [6.45, 7) is 5.20. The third-order valence-electron chi connectivity index (χ3n) is 5.90. The van der Waals surface area contributed by atoms with Gasteiger partial charge in [-0.05, 0) is 91.4 Å². The number of benzene rings is 1. The third-order valence-corrected chi connectivity index (χ3v) is 5.90. The quantitative estimate of drug-likeness (QED) is 0.331. The summed E-state index contributed by atoms with van der Waals surface area (Å²) in [6, 6.07) is 15.3. The van der Waals surface area contributed by atoms with Gasteiger partial charge in [0.15, 0.2) is 5.82 Å². The van der Waals surface area contributed by atoms with Crippen LogP contribution >= 0.6 is 0 Å². The molecule has 182 valence electrons. The summed E-state index contributed by atoms with van der Waals surface area (Å²) in [4.78, 5) is 17.7. The maximum absolute atomic E-state index is 10.5. The monoisotopic (exact) mass is 476 g/mol. The fraction of sp³-hybridized carbons (Fsp3) is 0.400. The molecule has 35 heavy (non-hydrogen) atoms. The zero-order chi connectivity index (χ0) is 24.3. The van der Waals surface area contributed by atoms with Gasteiger partial charge in [0, 0.05) is 18.0 Å². The highest BCUT2D eigenvalue weighted by Crippen LogP contribution is 2.25. The van der Waals surface area contributed by atoms with E-state index in [1.165, 1.54) is 0 Å². The second-order valence-corrected chi connectivity index (χ2v) is 8.30. The molecule has 3 heterocycles. The number of aromatic nitrogens is 4. The SMILES string of the molecule is CCO/N=C/c1ccc(OCCC2CCN(c3ccc(-c4ccc(C[NH+]=O)nn4)nn3)CC2)cc1. The molecule has 0 amide bonds. The molecule has 10 nitrogen and oxygen atoms in total. The van der Waals surface area contributed by atoms with E-state index < -0.39 is 0 Å². The van der Waals surface area contributed by atoms with Crippen LogP contribution in [0.3, 0.4) is 0 Å². The summed E-state index contributed by atoms with van der Waals surface area (Å²) in [5, 5.41) is 22.5. The lowest BCUT2D eigenvalue weighted by Crippen LogP contribution is -2.62. The van der Waals surface area contributed by atoms with E-state index in [-0.39, 0.29) is 6.54 Å². The number of hydrogen-bond acceptors (Lipinski definition) is 9. The van der Waals surface area contributed by atoms with Gasteiger partial charge in [0.05, 0.1) is 12.8 Å². The average Bonchev–Trinajstić information content (AvgIpc) is 2.91. The number of ether oxygens (including phenoxy) is 1.